The lowest BCUT2D eigenvalue weighted by Gasteiger charge is -2.27. The molecule has 8 heteroatoms. The van der Waals surface area contributed by atoms with Crippen molar-refractivity contribution in [3.05, 3.63) is 16.0 Å². The molecule has 1 aliphatic heterocycles. The molecular formula is C17H25N2O5S+. The molecule has 7 nitrogen and oxygen atoms in total. The van der Waals surface area contributed by atoms with Crippen LogP contribution in [-0.2, 0) is 19.1 Å². The molecule has 1 aromatic rings. The van der Waals surface area contributed by atoms with E-state index >= 15 is 0 Å². The van der Waals surface area contributed by atoms with Gasteiger partial charge in [-0.05, 0) is 19.4 Å². The van der Waals surface area contributed by atoms with Crippen molar-refractivity contribution in [3.8, 4) is 0 Å². The molecule has 25 heavy (non-hydrogen) atoms. The predicted molar refractivity (Wildman–Crippen MR) is 94.1 cm³/mol. The van der Waals surface area contributed by atoms with E-state index in [-0.39, 0.29) is 17.8 Å². The number of amides is 1. The number of rotatable bonds is 5. The summed E-state index contributed by atoms with van der Waals surface area (Å²) in [6.45, 7) is 5.56. The fourth-order valence-corrected chi connectivity index (χ4v) is 4.13. The van der Waals surface area contributed by atoms with Gasteiger partial charge in [0.15, 0.2) is 6.54 Å². The number of anilines is 1. The van der Waals surface area contributed by atoms with E-state index in [2.05, 4.69) is 5.32 Å². The van der Waals surface area contributed by atoms with Crippen molar-refractivity contribution < 1.29 is 28.8 Å². The number of ether oxygens (including phenoxy) is 2. The van der Waals surface area contributed by atoms with Crippen LogP contribution in [0.25, 0.3) is 0 Å². The lowest BCUT2D eigenvalue weighted by atomic mass is 9.97. The molecule has 138 valence electrons. The molecule has 2 N–H and O–H groups in total. The van der Waals surface area contributed by atoms with Gasteiger partial charge in [-0.1, -0.05) is 0 Å². The van der Waals surface area contributed by atoms with Gasteiger partial charge in [0.05, 0.1) is 38.8 Å². The summed E-state index contributed by atoms with van der Waals surface area (Å²) in [4.78, 5) is 38.0. The van der Waals surface area contributed by atoms with Gasteiger partial charge in [0.2, 0.25) is 0 Å². The number of hydrogen-bond donors (Lipinski definition) is 2. The van der Waals surface area contributed by atoms with Crippen LogP contribution in [0.3, 0.4) is 0 Å². The molecule has 0 aromatic carbocycles. The number of esters is 2. The van der Waals surface area contributed by atoms with E-state index in [4.69, 9.17) is 9.47 Å². The van der Waals surface area contributed by atoms with Crippen molar-refractivity contribution in [2.75, 3.05) is 39.2 Å². The molecule has 0 atom stereocenters. The highest BCUT2D eigenvalue weighted by Gasteiger charge is 2.29. The minimum Gasteiger partial charge on any atom is -0.469 e. The van der Waals surface area contributed by atoms with E-state index in [9.17, 15) is 14.4 Å². The Labute approximate surface area is 151 Å². The van der Waals surface area contributed by atoms with Crippen molar-refractivity contribution >= 4 is 34.2 Å². The Balaban J connectivity index is 1.95. The van der Waals surface area contributed by atoms with Crippen LogP contribution >= 0.6 is 11.3 Å². The molecule has 0 spiro atoms. The highest BCUT2D eigenvalue weighted by Crippen LogP contribution is 2.32. The third-order valence-corrected chi connectivity index (χ3v) is 5.79. The Kier molecular flexibility index (Phi) is 6.55. The zero-order valence-electron chi connectivity index (χ0n) is 15.1. The van der Waals surface area contributed by atoms with Gasteiger partial charge in [0.1, 0.15) is 5.00 Å². The summed E-state index contributed by atoms with van der Waals surface area (Å²) in [6.07, 6.45) is 1.44. The van der Waals surface area contributed by atoms with Gasteiger partial charge in [0.25, 0.3) is 5.91 Å². The first kappa shape index (κ1) is 19.4. The SMILES string of the molecule is COC(=O)c1c(NC(=O)C[NH+]2CCC(C(=O)OC)CC2)sc(C)c1C. The van der Waals surface area contributed by atoms with Crippen molar-refractivity contribution in [1.82, 2.24) is 0 Å². The molecule has 1 aliphatic rings. The zero-order chi connectivity index (χ0) is 18.6. The average Bonchev–Trinajstić information content (AvgIpc) is 2.87. The number of nitrogens with one attached hydrogen (secondary N) is 2. The summed E-state index contributed by atoms with van der Waals surface area (Å²) in [5, 5.41) is 3.38. The maximum atomic E-state index is 12.4. The van der Waals surface area contributed by atoms with Crippen LogP contribution in [0.2, 0.25) is 0 Å². The minimum atomic E-state index is -0.441. The maximum absolute atomic E-state index is 12.4. The van der Waals surface area contributed by atoms with Crippen LogP contribution < -0.4 is 10.2 Å². The van der Waals surface area contributed by atoms with Gasteiger partial charge in [-0.25, -0.2) is 4.79 Å². The van der Waals surface area contributed by atoms with Gasteiger partial charge in [-0.15, -0.1) is 11.3 Å². The van der Waals surface area contributed by atoms with Crippen LogP contribution in [0.15, 0.2) is 0 Å². The summed E-state index contributed by atoms with van der Waals surface area (Å²) < 4.78 is 9.59. The number of hydrogen-bond acceptors (Lipinski definition) is 6. The van der Waals surface area contributed by atoms with E-state index in [1.54, 1.807) is 0 Å². The zero-order valence-corrected chi connectivity index (χ0v) is 15.9. The van der Waals surface area contributed by atoms with Crippen LogP contribution in [0.1, 0.15) is 33.6 Å². The summed E-state index contributed by atoms with van der Waals surface area (Å²) >= 11 is 1.38. The quantitative estimate of drug-likeness (QED) is 0.741. The van der Waals surface area contributed by atoms with Gasteiger partial charge in [0, 0.05) is 17.7 Å². The molecular weight excluding hydrogens is 344 g/mol. The number of quaternary nitrogens is 1. The lowest BCUT2D eigenvalue weighted by molar-refractivity contribution is -0.897. The molecule has 2 heterocycles. The molecule has 0 bridgehead atoms. The smallest absolute Gasteiger partial charge is 0.341 e. The standard InChI is InChI=1S/C17H24N2O5S/c1-10-11(2)25-15(14(10)17(22)24-4)18-13(20)9-19-7-5-12(6-8-19)16(21)23-3/h12H,5-9H2,1-4H3,(H,18,20)/p+1. The molecule has 2 rings (SSSR count). The van der Waals surface area contributed by atoms with Gasteiger partial charge in [-0.2, -0.15) is 0 Å². The number of methoxy groups -OCH3 is 2. The third-order valence-electron chi connectivity index (χ3n) is 4.67. The second-order valence-electron chi connectivity index (χ2n) is 6.25. The number of thiophene rings is 1. The summed E-state index contributed by atoms with van der Waals surface area (Å²) in [5.74, 6) is -0.817. The Morgan fingerprint density at radius 3 is 2.36 bits per heavy atom. The fourth-order valence-electron chi connectivity index (χ4n) is 3.07. The summed E-state index contributed by atoms with van der Waals surface area (Å²) in [6, 6.07) is 0. The average molecular weight is 369 g/mol. The molecule has 1 aromatic heterocycles. The van der Waals surface area contributed by atoms with Crippen LogP contribution in [0.5, 0.6) is 0 Å². The van der Waals surface area contributed by atoms with Crippen LogP contribution in [0.4, 0.5) is 5.00 Å². The first-order chi connectivity index (χ1) is 11.9. The predicted octanol–water partition coefficient (Wildman–Crippen LogP) is 0.558. The molecule has 1 fully saturated rings. The molecule has 0 unspecified atom stereocenters. The number of aryl methyl sites for hydroxylation is 1. The number of likely N-dealkylation sites (tertiary alicyclic amines) is 1. The van der Waals surface area contributed by atoms with E-state index in [0.717, 1.165) is 41.3 Å². The first-order valence-corrected chi connectivity index (χ1v) is 9.08. The van der Waals surface area contributed by atoms with Crippen molar-refractivity contribution in [1.29, 1.82) is 0 Å². The molecule has 0 aliphatic carbocycles. The Morgan fingerprint density at radius 1 is 1.16 bits per heavy atom. The second kappa shape index (κ2) is 8.44. The van der Waals surface area contributed by atoms with E-state index < -0.39 is 5.97 Å². The highest BCUT2D eigenvalue weighted by molar-refractivity contribution is 7.16. The normalized spacial score (nSPS) is 20.0. The molecule has 1 saturated heterocycles. The Morgan fingerprint density at radius 2 is 1.80 bits per heavy atom. The van der Waals surface area contributed by atoms with E-state index in [1.807, 2.05) is 13.8 Å². The Bertz CT molecular complexity index is 662. The lowest BCUT2D eigenvalue weighted by Crippen LogP contribution is -3.14. The summed E-state index contributed by atoms with van der Waals surface area (Å²) in [7, 11) is 2.73. The molecule has 1 amide bonds. The van der Waals surface area contributed by atoms with Gasteiger partial charge >= 0.3 is 11.9 Å². The summed E-state index contributed by atoms with van der Waals surface area (Å²) in [5.41, 5.74) is 1.26. The monoisotopic (exact) mass is 369 g/mol. The van der Waals surface area contributed by atoms with Gasteiger partial charge < -0.3 is 19.7 Å². The van der Waals surface area contributed by atoms with Gasteiger partial charge in [-0.3, -0.25) is 9.59 Å². The van der Waals surface area contributed by atoms with E-state index in [0.29, 0.717) is 17.1 Å². The fraction of sp³-hybridized carbons (Fsp3) is 0.588. The number of carbonyl (C=O) groups excluding carboxylic acids is 3. The Hall–Kier alpha value is -1.93. The largest absolute Gasteiger partial charge is 0.469 e. The first-order valence-electron chi connectivity index (χ1n) is 8.26. The number of carbonyl (C=O) groups is 3. The van der Waals surface area contributed by atoms with Crippen LogP contribution in [0, 0.1) is 19.8 Å². The maximum Gasteiger partial charge on any atom is 0.341 e. The topological polar surface area (TPSA) is 86.1 Å². The highest BCUT2D eigenvalue weighted by atomic mass is 32.1. The van der Waals surface area contributed by atoms with Crippen molar-refractivity contribution in [3.63, 3.8) is 0 Å². The van der Waals surface area contributed by atoms with Crippen LogP contribution in [-0.4, -0.2) is 51.7 Å². The van der Waals surface area contributed by atoms with Crippen molar-refractivity contribution in [2.45, 2.75) is 26.7 Å². The second-order valence-corrected chi connectivity index (χ2v) is 7.48. The van der Waals surface area contributed by atoms with E-state index in [1.165, 1.54) is 25.6 Å². The van der Waals surface area contributed by atoms with Crippen molar-refractivity contribution in [2.24, 2.45) is 5.92 Å². The number of piperidine rings is 1. The third kappa shape index (κ3) is 4.58. The minimum absolute atomic E-state index is 0.0645. The molecule has 0 radical (unpaired) electrons. The molecule has 0 saturated carbocycles.